The molecule has 1 unspecified atom stereocenters. The molecule has 0 bridgehead atoms. The average Bonchev–Trinajstić information content (AvgIpc) is 3.42. The second kappa shape index (κ2) is 6.55. The fourth-order valence-electron chi connectivity index (χ4n) is 2.91. The molecule has 6 heteroatoms. The van der Waals surface area contributed by atoms with Crippen LogP contribution in [-0.4, -0.2) is 33.9 Å². The molecule has 128 valence electrons. The van der Waals surface area contributed by atoms with Crippen molar-refractivity contribution < 1.29 is 0 Å². The Balaban J connectivity index is 1.62. The second-order valence-corrected chi connectivity index (χ2v) is 6.62. The molecule has 2 aromatic rings. The van der Waals surface area contributed by atoms with Gasteiger partial charge < -0.3 is 16.0 Å². The Morgan fingerprint density at radius 1 is 1.24 bits per heavy atom. The standard InChI is InChI=1S/C19H22N6/c1-25-10-9-16(24-19(25)22-14-5-3-2-4-6-14)15-12-21-18(20)23-17(15)11-13-7-8-13/h2-6,9-10,12-13,19,22H,7-8,11H2,1H3,(H2,20,21,23). The van der Waals surface area contributed by atoms with Gasteiger partial charge in [0.25, 0.3) is 0 Å². The molecule has 1 aliphatic carbocycles. The summed E-state index contributed by atoms with van der Waals surface area (Å²) in [5, 5.41) is 3.44. The Hall–Kier alpha value is -2.89. The van der Waals surface area contributed by atoms with Gasteiger partial charge in [0.2, 0.25) is 5.95 Å². The molecule has 6 nitrogen and oxygen atoms in total. The van der Waals surface area contributed by atoms with Gasteiger partial charge in [0.15, 0.2) is 6.29 Å². The number of para-hydroxylation sites is 1. The summed E-state index contributed by atoms with van der Waals surface area (Å²) in [5.74, 6) is 1.05. The molecule has 3 N–H and O–H groups in total. The maximum Gasteiger partial charge on any atom is 0.220 e. The van der Waals surface area contributed by atoms with E-state index in [1.54, 1.807) is 6.20 Å². The maximum atomic E-state index is 5.80. The van der Waals surface area contributed by atoms with Gasteiger partial charge in [-0.1, -0.05) is 18.2 Å². The molecule has 0 radical (unpaired) electrons. The molecular weight excluding hydrogens is 312 g/mol. The van der Waals surface area contributed by atoms with Gasteiger partial charge >= 0.3 is 0 Å². The van der Waals surface area contributed by atoms with Crippen molar-refractivity contribution in [1.29, 1.82) is 0 Å². The smallest absolute Gasteiger partial charge is 0.220 e. The van der Waals surface area contributed by atoms with E-state index in [-0.39, 0.29) is 6.29 Å². The third-order valence-electron chi connectivity index (χ3n) is 4.53. The molecule has 25 heavy (non-hydrogen) atoms. The van der Waals surface area contributed by atoms with Gasteiger partial charge in [-0.05, 0) is 43.4 Å². The van der Waals surface area contributed by atoms with Gasteiger partial charge in [-0.25, -0.2) is 15.0 Å². The zero-order valence-corrected chi connectivity index (χ0v) is 14.3. The predicted molar refractivity (Wildman–Crippen MR) is 100 cm³/mol. The van der Waals surface area contributed by atoms with Crippen LogP contribution < -0.4 is 11.1 Å². The summed E-state index contributed by atoms with van der Waals surface area (Å²) in [4.78, 5) is 15.6. The largest absolute Gasteiger partial charge is 0.368 e. The van der Waals surface area contributed by atoms with Crippen molar-refractivity contribution in [2.45, 2.75) is 25.6 Å². The van der Waals surface area contributed by atoms with E-state index in [4.69, 9.17) is 10.7 Å². The third kappa shape index (κ3) is 3.63. The molecule has 0 saturated heterocycles. The van der Waals surface area contributed by atoms with Crippen LogP contribution >= 0.6 is 0 Å². The minimum atomic E-state index is -0.172. The molecule has 2 aliphatic rings. The van der Waals surface area contributed by atoms with E-state index in [9.17, 15) is 0 Å². The minimum Gasteiger partial charge on any atom is -0.368 e. The molecule has 1 aliphatic heterocycles. The van der Waals surface area contributed by atoms with Crippen LogP contribution in [0.4, 0.5) is 11.6 Å². The lowest BCUT2D eigenvalue weighted by molar-refractivity contribution is 0.368. The van der Waals surface area contributed by atoms with E-state index in [0.717, 1.165) is 35.0 Å². The fraction of sp³-hybridized carbons (Fsp3) is 0.316. The SMILES string of the molecule is CN1C=CC(c2cnc(N)nc2CC2CC2)=NC1Nc1ccccc1. The zero-order chi connectivity index (χ0) is 17.2. The summed E-state index contributed by atoms with van der Waals surface area (Å²) in [7, 11) is 2.00. The number of nitrogen functional groups attached to an aromatic ring is 1. The second-order valence-electron chi connectivity index (χ2n) is 6.62. The first-order valence-electron chi connectivity index (χ1n) is 8.60. The molecular formula is C19H22N6. The molecule has 1 aromatic heterocycles. The number of aliphatic imine (C=N–C) groups is 1. The van der Waals surface area contributed by atoms with Crippen LogP contribution in [0.3, 0.4) is 0 Å². The number of nitrogens with two attached hydrogens (primary N) is 1. The predicted octanol–water partition coefficient (Wildman–Crippen LogP) is 2.66. The Morgan fingerprint density at radius 2 is 2.04 bits per heavy atom. The number of allylic oxidation sites excluding steroid dienone is 1. The molecule has 0 spiro atoms. The quantitative estimate of drug-likeness (QED) is 0.879. The minimum absolute atomic E-state index is 0.172. The summed E-state index contributed by atoms with van der Waals surface area (Å²) in [6.07, 6.45) is 9.15. The first-order valence-corrected chi connectivity index (χ1v) is 8.60. The van der Waals surface area contributed by atoms with E-state index in [0.29, 0.717) is 5.95 Å². The Labute approximate surface area is 147 Å². The molecule has 0 amide bonds. The third-order valence-corrected chi connectivity index (χ3v) is 4.53. The molecule has 1 aromatic carbocycles. The highest BCUT2D eigenvalue weighted by Crippen LogP contribution is 2.33. The van der Waals surface area contributed by atoms with Crippen LogP contribution in [0.1, 0.15) is 24.1 Å². The van der Waals surface area contributed by atoms with E-state index < -0.39 is 0 Å². The highest BCUT2D eigenvalue weighted by atomic mass is 15.3. The lowest BCUT2D eigenvalue weighted by atomic mass is 10.0. The highest BCUT2D eigenvalue weighted by Gasteiger charge is 2.25. The monoisotopic (exact) mass is 334 g/mol. The maximum absolute atomic E-state index is 5.80. The lowest BCUT2D eigenvalue weighted by Gasteiger charge is -2.29. The van der Waals surface area contributed by atoms with Crippen molar-refractivity contribution in [2.75, 3.05) is 18.1 Å². The number of anilines is 2. The molecule has 1 fully saturated rings. The number of benzene rings is 1. The van der Waals surface area contributed by atoms with Crippen molar-refractivity contribution in [1.82, 2.24) is 14.9 Å². The van der Waals surface area contributed by atoms with Crippen molar-refractivity contribution in [2.24, 2.45) is 10.9 Å². The topological polar surface area (TPSA) is 79.4 Å². The van der Waals surface area contributed by atoms with Crippen molar-refractivity contribution in [3.8, 4) is 0 Å². The number of hydrogen-bond acceptors (Lipinski definition) is 6. The zero-order valence-electron chi connectivity index (χ0n) is 14.3. The van der Waals surface area contributed by atoms with Gasteiger partial charge in [0, 0.05) is 30.7 Å². The van der Waals surface area contributed by atoms with Crippen LogP contribution in [0.25, 0.3) is 0 Å². The van der Waals surface area contributed by atoms with Gasteiger partial charge in [0.05, 0.1) is 11.4 Å². The van der Waals surface area contributed by atoms with E-state index in [2.05, 4.69) is 15.3 Å². The van der Waals surface area contributed by atoms with Gasteiger partial charge in [0.1, 0.15) is 0 Å². The summed E-state index contributed by atoms with van der Waals surface area (Å²) >= 11 is 0. The number of rotatable bonds is 5. The van der Waals surface area contributed by atoms with Gasteiger partial charge in [-0.2, -0.15) is 0 Å². The highest BCUT2D eigenvalue weighted by molar-refractivity contribution is 6.09. The molecule has 1 atom stereocenters. The average molecular weight is 334 g/mol. The van der Waals surface area contributed by atoms with E-state index in [1.807, 2.05) is 54.6 Å². The van der Waals surface area contributed by atoms with Crippen LogP contribution in [0.2, 0.25) is 0 Å². The van der Waals surface area contributed by atoms with Gasteiger partial charge in [-0.3, -0.25) is 0 Å². The van der Waals surface area contributed by atoms with Crippen molar-refractivity contribution in [3.63, 3.8) is 0 Å². The molecule has 1 saturated carbocycles. The van der Waals surface area contributed by atoms with Crippen molar-refractivity contribution in [3.05, 3.63) is 60.1 Å². The van der Waals surface area contributed by atoms with Gasteiger partial charge in [-0.15, -0.1) is 0 Å². The summed E-state index contributed by atoms with van der Waals surface area (Å²) in [6.45, 7) is 0. The summed E-state index contributed by atoms with van der Waals surface area (Å²) in [6, 6.07) is 10.1. The Morgan fingerprint density at radius 3 is 2.80 bits per heavy atom. The number of nitrogens with one attached hydrogen (secondary N) is 1. The normalized spacial score (nSPS) is 19.6. The first-order chi connectivity index (χ1) is 12.2. The fourth-order valence-corrected chi connectivity index (χ4v) is 2.91. The Bertz CT molecular complexity index is 810. The van der Waals surface area contributed by atoms with E-state index in [1.165, 1.54) is 12.8 Å². The number of hydrogen-bond donors (Lipinski definition) is 2. The molecule has 2 heterocycles. The number of aromatic nitrogens is 2. The van der Waals surface area contributed by atoms with Crippen LogP contribution in [0, 0.1) is 5.92 Å². The summed E-state index contributed by atoms with van der Waals surface area (Å²) in [5.41, 5.74) is 9.71. The van der Waals surface area contributed by atoms with E-state index >= 15 is 0 Å². The van der Waals surface area contributed by atoms with Crippen LogP contribution in [0.15, 0.2) is 53.8 Å². The first kappa shape index (κ1) is 15.6. The Kier molecular flexibility index (Phi) is 4.09. The number of nitrogens with zero attached hydrogens (tertiary/aromatic N) is 4. The molecule has 4 rings (SSSR count). The lowest BCUT2D eigenvalue weighted by Crippen LogP contribution is -2.36. The van der Waals surface area contributed by atoms with Crippen LogP contribution in [-0.2, 0) is 6.42 Å². The van der Waals surface area contributed by atoms with Crippen molar-refractivity contribution >= 4 is 17.3 Å². The summed E-state index contributed by atoms with van der Waals surface area (Å²) < 4.78 is 0. The van der Waals surface area contributed by atoms with Crippen LogP contribution in [0.5, 0.6) is 0 Å².